The second-order valence-corrected chi connectivity index (χ2v) is 5.35. The molecule has 0 aliphatic heterocycles. The fourth-order valence-corrected chi connectivity index (χ4v) is 2.00. The number of amides is 1. The number of hydrogen-bond donors (Lipinski definition) is 2. The molecule has 18 heavy (non-hydrogen) atoms. The van der Waals surface area contributed by atoms with E-state index in [1.54, 1.807) is 13.0 Å². The molecule has 2 unspecified atom stereocenters. The van der Waals surface area contributed by atoms with E-state index in [-0.39, 0.29) is 23.0 Å². The van der Waals surface area contributed by atoms with E-state index >= 15 is 0 Å². The molecule has 1 heterocycles. The largest absolute Gasteiger partial charge is 0.475 e. The van der Waals surface area contributed by atoms with Gasteiger partial charge in [-0.3, -0.25) is 4.79 Å². The standard InChI is InChI=1S/C12H17NO4S/c1-4-7(2)13-11(14)8(3)18-10-6-5-9(17-10)12(15)16/h5-8H,4H2,1-3H3,(H,13,14)(H,15,16). The number of thioether (sulfide) groups is 1. The Morgan fingerprint density at radius 2 is 2.11 bits per heavy atom. The topological polar surface area (TPSA) is 79.5 Å². The molecule has 0 radical (unpaired) electrons. The third kappa shape index (κ3) is 4.10. The second-order valence-electron chi connectivity index (χ2n) is 4.00. The molecule has 6 heteroatoms. The first-order valence-corrected chi connectivity index (χ1v) is 6.62. The Bertz CT molecular complexity index is 429. The quantitative estimate of drug-likeness (QED) is 0.776. The van der Waals surface area contributed by atoms with Crippen LogP contribution >= 0.6 is 11.8 Å². The van der Waals surface area contributed by atoms with Gasteiger partial charge in [-0.25, -0.2) is 4.79 Å². The number of rotatable bonds is 6. The number of nitrogens with one attached hydrogen (secondary N) is 1. The number of aromatic carboxylic acids is 1. The lowest BCUT2D eigenvalue weighted by Gasteiger charge is -2.14. The SMILES string of the molecule is CCC(C)NC(=O)C(C)Sc1ccc(C(=O)O)o1. The predicted molar refractivity (Wildman–Crippen MR) is 68.9 cm³/mol. The maximum Gasteiger partial charge on any atom is 0.371 e. The van der Waals surface area contributed by atoms with Crippen molar-refractivity contribution >= 4 is 23.6 Å². The molecule has 0 aliphatic carbocycles. The zero-order valence-corrected chi connectivity index (χ0v) is 11.4. The normalized spacial score (nSPS) is 13.9. The van der Waals surface area contributed by atoms with E-state index in [0.29, 0.717) is 5.09 Å². The zero-order chi connectivity index (χ0) is 13.7. The van der Waals surface area contributed by atoms with E-state index in [1.807, 2.05) is 13.8 Å². The Balaban J connectivity index is 2.55. The molecule has 2 N–H and O–H groups in total. The van der Waals surface area contributed by atoms with E-state index in [9.17, 15) is 9.59 Å². The van der Waals surface area contributed by atoms with E-state index in [2.05, 4.69) is 5.32 Å². The van der Waals surface area contributed by atoms with Crippen molar-refractivity contribution in [3.63, 3.8) is 0 Å². The number of carbonyl (C=O) groups is 2. The van der Waals surface area contributed by atoms with Crippen LogP contribution in [-0.4, -0.2) is 28.3 Å². The summed E-state index contributed by atoms with van der Waals surface area (Å²) in [7, 11) is 0. The van der Waals surface area contributed by atoms with Crippen LogP contribution in [0.5, 0.6) is 0 Å². The highest BCUT2D eigenvalue weighted by Gasteiger charge is 2.18. The maximum atomic E-state index is 11.8. The third-order valence-electron chi connectivity index (χ3n) is 2.46. The van der Waals surface area contributed by atoms with Crippen molar-refractivity contribution in [2.24, 2.45) is 0 Å². The summed E-state index contributed by atoms with van der Waals surface area (Å²) in [6, 6.07) is 3.07. The van der Waals surface area contributed by atoms with E-state index < -0.39 is 5.97 Å². The number of hydrogen-bond acceptors (Lipinski definition) is 4. The van der Waals surface area contributed by atoms with Crippen molar-refractivity contribution < 1.29 is 19.1 Å². The van der Waals surface area contributed by atoms with E-state index in [0.717, 1.165) is 6.42 Å². The Hall–Kier alpha value is -1.43. The van der Waals surface area contributed by atoms with Gasteiger partial charge in [0.2, 0.25) is 11.7 Å². The number of carboxylic acids is 1. The van der Waals surface area contributed by atoms with Gasteiger partial charge in [-0.2, -0.15) is 0 Å². The van der Waals surface area contributed by atoms with Crippen molar-refractivity contribution in [1.82, 2.24) is 5.32 Å². The Kier molecular flexibility index (Phi) is 5.27. The van der Waals surface area contributed by atoms with Crippen molar-refractivity contribution in [2.75, 3.05) is 0 Å². The smallest absolute Gasteiger partial charge is 0.371 e. The average Bonchev–Trinajstić information content (AvgIpc) is 2.77. The van der Waals surface area contributed by atoms with Gasteiger partial charge >= 0.3 is 5.97 Å². The highest BCUT2D eigenvalue weighted by Crippen LogP contribution is 2.25. The molecule has 0 fully saturated rings. The summed E-state index contributed by atoms with van der Waals surface area (Å²) in [4.78, 5) is 22.4. The molecule has 0 saturated carbocycles. The molecule has 1 amide bonds. The van der Waals surface area contributed by atoms with Gasteiger partial charge in [0.05, 0.1) is 5.25 Å². The summed E-state index contributed by atoms with van der Waals surface area (Å²) in [5.41, 5.74) is 0. The van der Waals surface area contributed by atoms with Gasteiger partial charge < -0.3 is 14.8 Å². The lowest BCUT2D eigenvalue weighted by molar-refractivity contribution is -0.120. The molecule has 0 aliphatic rings. The van der Waals surface area contributed by atoms with Crippen LogP contribution < -0.4 is 5.32 Å². The first kappa shape index (κ1) is 14.6. The Morgan fingerprint density at radius 1 is 1.44 bits per heavy atom. The Morgan fingerprint density at radius 3 is 2.61 bits per heavy atom. The summed E-state index contributed by atoms with van der Waals surface area (Å²) in [6.45, 7) is 5.68. The highest BCUT2D eigenvalue weighted by atomic mass is 32.2. The first-order valence-electron chi connectivity index (χ1n) is 5.74. The van der Waals surface area contributed by atoms with Crippen molar-refractivity contribution in [3.8, 4) is 0 Å². The van der Waals surface area contributed by atoms with E-state index in [4.69, 9.17) is 9.52 Å². The lowest BCUT2D eigenvalue weighted by Crippen LogP contribution is -2.37. The molecule has 5 nitrogen and oxygen atoms in total. The van der Waals surface area contributed by atoms with Crippen LogP contribution in [0.2, 0.25) is 0 Å². The van der Waals surface area contributed by atoms with Gasteiger partial charge in [0.15, 0.2) is 5.09 Å². The van der Waals surface area contributed by atoms with Crippen LogP contribution in [-0.2, 0) is 4.79 Å². The Labute approximate surface area is 110 Å². The number of carboxylic acid groups (broad SMARTS) is 1. The molecule has 0 bridgehead atoms. The molecule has 2 atom stereocenters. The zero-order valence-electron chi connectivity index (χ0n) is 10.6. The van der Waals surface area contributed by atoms with Gasteiger partial charge in [0, 0.05) is 6.04 Å². The van der Waals surface area contributed by atoms with Crippen molar-refractivity contribution in [3.05, 3.63) is 17.9 Å². The van der Waals surface area contributed by atoms with Gasteiger partial charge in [-0.15, -0.1) is 0 Å². The second kappa shape index (κ2) is 6.49. The minimum Gasteiger partial charge on any atom is -0.475 e. The minimum atomic E-state index is -1.11. The summed E-state index contributed by atoms with van der Waals surface area (Å²) < 4.78 is 5.08. The van der Waals surface area contributed by atoms with Crippen LogP contribution in [0.1, 0.15) is 37.7 Å². The molecule has 0 saturated heterocycles. The summed E-state index contributed by atoms with van der Waals surface area (Å²) >= 11 is 1.20. The number of carbonyl (C=O) groups excluding carboxylic acids is 1. The molecule has 0 spiro atoms. The van der Waals surface area contributed by atoms with Gasteiger partial charge in [-0.1, -0.05) is 18.7 Å². The summed E-state index contributed by atoms with van der Waals surface area (Å²) in [6.07, 6.45) is 0.868. The molecule has 1 aromatic rings. The maximum absolute atomic E-state index is 11.8. The molecule has 1 aromatic heterocycles. The van der Waals surface area contributed by atoms with Crippen LogP contribution in [0.3, 0.4) is 0 Å². The third-order valence-corrected chi connectivity index (χ3v) is 3.47. The van der Waals surface area contributed by atoms with E-state index in [1.165, 1.54) is 17.8 Å². The molecular weight excluding hydrogens is 254 g/mol. The lowest BCUT2D eigenvalue weighted by atomic mass is 10.2. The molecule has 0 aromatic carbocycles. The number of furan rings is 1. The van der Waals surface area contributed by atoms with Crippen LogP contribution in [0.25, 0.3) is 0 Å². The predicted octanol–water partition coefficient (Wildman–Crippen LogP) is 2.37. The molecule has 100 valence electrons. The monoisotopic (exact) mass is 271 g/mol. The highest BCUT2D eigenvalue weighted by molar-refractivity contribution is 8.00. The van der Waals surface area contributed by atoms with Crippen LogP contribution in [0.4, 0.5) is 0 Å². The van der Waals surface area contributed by atoms with Crippen LogP contribution in [0, 0.1) is 0 Å². The van der Waals surface area contributed by atoms with Crippen LogP contribution in [0.15, 0.2) is 21.6 Å². The fraction of sp³-hybridized carbons (Fsp3) is 0.500. The average molecular weight is 271 g/mol. The van der Waals surface area contributed by atoms with Gasteiger partial charge in [-0.05, 0) is 32.4 Å². The molecular formula is C12H17NO4S. The van der Waals surface area contributed by atoms with Crippen molar-refractivity contribution in [1.29, 1.82) is 0 Å². The summed E-state index contributed by atoms with van der Waals surface area (Å²) in [5, 5.41) is 11.7. The van der Waals surface area contributed by atoms with Gasteiger partial charge in [0.25, 0.3) is 0 Å². The van der Waals surface area contributed by atoms with Crippen molar-refractivity contribution in [2.45, 2.75) is 43.6 Å². The molecule has 1 rings (SSSR count). The minimum absolute atomic E-state index is 0.0809. The van der Waals surface area contributed by atoms with Gasteiger partial charge in [0.1, 0.15) is 0 Å². The first-order chi connectivity index (χ1) is 8.43. The fourth-order valence-electron chi connectivity index (χ4n) is 1.19. The summed E-state index contributed by atoms with van der Waals surface area (Å²) in [5.74, 6) is -1.31.